The first-order chi connectivity index (χ1) is 18.4. The molecular weight excluding hydrogens is 496 g/mol. The van der Waals surface area contributed by atoms with Crippen molar-refractivity contribution >= 4 is 8.32 Å². The molecule has 3 rings (SSSR count). The zero-order valence-electron chi connectivity index (χ0n) is 25.1. The van der Waals surface area contributed by atoms with Gasteiger partial charge in [-0.3, -0.25) is 0 Å². The van der Waals surface area contributed by atoms with Crippen molar-refractivity contribution in [3.05, 3.63) is 120 Å². The van der Waals surface area contributed by atoms with E-state index in [0.29, 0.717) is 6.61 Å². The van der Waals surface area contributed by atoms with E-state index in [-0.39, 0.29) is 23.0 Å². The van der Waals surface area contributed by atoms with Gasteiger partial charge in [-0.2, -0.15) is 0 Å². The van der Waals surface area contributed by atoms with Crippen LogP contribution in [0.2, 0.25) is 18.1 Å². The molecule has 39 heavy (non-hydrogen) atoms. The van der Waals surface area contributed by atoms with Gasteiger partial charge in [0.1, 0.15) is 5.60 Å². The van der Waals surface area contributed by atoms with Gasteiger partial charge >= 0.3 is 0 Å². The van der Waals surface area contributed by atoms with Crippen LogP contribution in [0.3, 0.4) is 0 Å². The van der Waals surface area contributed by atoms with Gasteiger partial charge in [-0.15, -0.1) is 0 Å². The molecule has 4 heteroatoms. The number of hydrogen-bond acceptors (Lipinski definition) is 3. The van der Waals surface area contributed by atoms with Crippen molar-refractivity contribution in [3.8, 4) is 0 Å². The molecule has 0 bridgehead atoms. The van der Waals surface area contributed by atoms with Crippen LogP contribution < -0.4 is 0 Å². The Morgan fingerprint density at radius 2 is 1.18 bits per heavy atom. The highest BCUT2D eigenvalue weighted by molar-refractivity contribution is 6.74. The van der Waals surface area contributed by atoms with Crippen molar-refractivity contribution in [1.82, 2.24) is 0 Å². The average Bonchev–Trinajstić information content (AvgIpc) is 2.93. The van der Waals surface area contributed by atoms with E-state index >= 15 is 0 Å². The molecule has 3 nitrogen and oxygen atoms in total. The highest BCUT2D eigenvalue weighted by Crippen LogP contribution is 2.43. The second kappa shape index (κ2) is 13.2. The van der Waals surface area contributed by atoms with Crippen LogP contribution in [0.4, 0.5) is 0 Å². The summed E-state index contributed by atoms with van der Waals surface area (Å²) >= 11 is 0. The van der Waals surface area contributed by atoms with E-state index in [9.17, 15) is 5.11 Å². The molecule has 0 aliphatic carbocycles. The molecule has 0 saturated heterocycles. The van der Waals surface area contributed by atoms with Crippen LogP contribution in [0.1, 0.15) is 58.2 Å². The normalized spacial score (nSPS) is 16.1. The minimum absolute atomic E-state index is 0.0320. The first-order valence-corrected chi connectivity index (χ1v) is 17.1. The van der Waals surface area contributed by atoms with Crippen molar-refractivity contribution in [3.63, 3.8) is 0 Å². The lowest BCUT2D eigenvalue weighted by Crippen LogP contribution is -2.50. The maximum atomic E-state index is 11.0. The zero-order valence-corrected chi connectivity index (χ0v) is 26.1. The summed E-state index contributed by atoms with van der Waals surface area (Å²) < 4.78 is 14.2. The van der Waals surface area contributed by atoms with E-state index in [4.69, 9.17) is 9.16 Å². The van der Waals surface area contributed by atoms with Gasteiger partial charge in [0.2, 0.25) is 0 Å². The fraction of sp³-hybridized carbons (Fsp3) is 0.429. The third-order valence-electron chi connectivity index (χ3n) is 8.35. The van der Waals surface area contributed by atoms with E-state index in [0.717, 1.165) is 16.7 Å². The van der Waals surface area contributed by atoms with Gasteiger partial charge in [0.15, 0.2) is 8.32 Å². The molecule has 1 N–H and O–H groups in total. The molecule has 0 heterocycles. The van der Waals surface area contributed by atoms with Crippen LogP contribution in [0.5, 0.6) is 0 Å². The lowest BCUT2D eigenvalue weighted by Gasteiger charge is -2.44. The second-order valence-electron chi connectivity index (χ2n) is 12.3. The number of allylic oxidation sites excluding steroid dienone is 1. The predicted molar refractivity (Wildman–Crippen MR) is 166 cm³/mol. The smallest absolute Gasteiger partial charge is 0.192 e. The maximum Gasteiger partial charge on any atom is 0.192 e. The largest absolute Gasteiger partial charge is 0.413 e. The highest BCUT2D eigenvalue weighted by Gasteiger charge is 2.44. The highest BCUT2D eigenvalue weighted by atomic mass is 28.4. The van der Waals surface area contributed by atoms with Gasteiger partial charge < -0.3 is 14.3 Å². The summed E-state index contributed by atoms with van der Waals surface area (Å²) in [5.74, 6) is -0.0574. The summed E-state index contributed by atoms with van der Waals surface area (Å²) in [5.41, 5.74) is 2.46. The van der Waals surface area contributed by atoms with Crippen molar-refractivity contribution in [1.29, 1.82) is 0 Å². The fourth-order valence-electron chi connectivity index (χ4n) is 4.95. The van der Waals surface area contributed by atoms with Crippen LogP contribution in [-0.2, 0) is 14.8 Å². The quantitative estimate of drug-likeness (QED) is 0.141. The zero-order chi connectivity index (χ0) is 28.7. The number of ether oxygens (including phenoxy) is 1. The monoisotopic (exact) mass is 544 g/mol. The molecule has 3 aromatic carbocycles. The van der Waals surface area contributed by atoms with Crippen LogP contribution in [0.25, 0.3) is 0 Å². The van der Waals surface area contributed by atoms with Crippen molar-refractivity contribution in [2.75, 3.05) is 6.61 Å². The van der Waals surface area contributed by atoms with E-state index in [1.54, 1.807) is 0 Å². The number of benzene rings is 3. The van der Waals surface area contributed by atoms with Crippen LogP contribution in [0.15, 0.2) is 103 Å². The Morgan fingerprint density at radius 3 is 1.54 bits per heavy atom. The minimum atomic E-state index is -2.12. The van der Waals surface area contributed by atoms with Gasteiger partial charge in [0.25, 0.3) is 0 Å². The standard InChI is InChI=1S/C35H48O3Si/c1-9-19-32(36)28(3)33(38-39(7,8)34(4,5)6)27(2)26-37-35(29-20-13-10-14-21-29,30-22-15-11-16-23-30)31-24-17-12-18-25-31/h9-25,27-28,32-33,36H,26H2,1-8H3/b19-9+/t27-,28-,32+,33-/m0/s1. The fourth-order valence-corrected chi connectivity index (χ4v) is 6.43. The summed E-state index contributed by atoms with van der Waals surface area (Å²) in [6.45, 7) is 18.0. The molecule has 0 fully saturated rings. The van der Waals surface area contributed by atoms with Crippen LogP contribution >= 0.6 is 0 Å². The van der Waals surface area contributed by atoms with E-state index in [2.05, 4.69) is 121 Å². The third kappa shape index (κ3) is 7.18. The molecule has 0 saturated carbocycles. The van der Waals surface area contributed by atoms with Crippen molar-refractivity contribution in [2.24, 2.45) is 11.8 Å². The predicted octanol–water partition coefficient (Wildman–Crippen LogP) is 8.59. The molecule has 0 unspecified atom stereocenters. The molecule has 0 aromatic heterocycles. The Balaban J connectivity index is 2.07. The van der Waals surface area contributed by atoms with Crippen LogP contribution in [0, 0.1) is 11.8 Å². The summed E-state index contributed by atoms with van der Waals surface area (Å²) in [6.07, 6.45) is 3.02. The van der Waals surface area contributed by atoms with E-state index in [1.807, 2.05) is 37.3 Å². The molecule has 0 radical (unpaired) electrons. The number of hydrogen-bond donors (Lipinski definition) is 1. The van der Waals surface area contributed by atoms with Gasteiger partial charge in [0.05, 0.1) is 18.8 Å². The molecule has 3 aromatic rings. The van der Waals surface area contributed by atoms with Gasteiger partial charge in [-0.25, -0.2) is 0 Å². The lowest BCUT2D eigenvalue weighted by atomic mass is 9.80. The number of rotatable bonds is 12. The van der Waals surface area contributed by atoms with Gasteiger partial charge in [-0.05, 0) is 41.7 Å². The SMILES string of the molecule is C/C=C/[C@@H](O)[C@H](C)[C@@H](O[Si](C)(C)C(C)(C)C)[C@@H](C)COC(c1ccccc1)(c1ccccc1)c1ccccc1. The molecule has 0 aliphatic heterocycles. The Hall–Kier alpha value is -2.50. The molecule has 4 atom stereocenters. The molecule has 210 valence electrons. The molecule has 0 aliphatic rings. The van der Waals surface area contributed by atoms with Gasteiger partial charge in [-0.1, -0.05) is 138 Å². The average molecular weight is 545 g/mol. The lowest BCUT2D eigenvalue weighted by molar-refractivity contribution is -0.0520. The molecule has 0 spiro atoms. The third-order valence-corrected chi connectivity index (χ3v) is 12.8. The number of aliphatic hydroxyl groups is 1. The number of aliphatic hydroxyl groups excluding tert-OH is 1. The summed E-state index contributed by atoms with van der Waals surface area (Å²) in [4.78, 5) is 0. The van der Waals surface area contributed by atoms with Crippen molar-refractivity contribution in [2.45, 2.75) is 77.5 Å². The first kappa shape index (κ1) is 31.0. The Bertz CT molecular complexity index is 1060. The summed E-state index contributed by atoms with van der Waals surface area (Å²) in [5, 5.41) is 11.1. The Kier molecular flexibility index (Phi) is 10.5. The Labute approximate surface area is 238 Å². The molecular formula is C35H48O3Si. The van der Waals surface area contributed by atoms with Gasteiger partial charge in [0, 0.05) is 11.8 Å². The van der Waals surface area contributed by atoms with E-state index in [1.165, 1.54) is 0 Å². The Morgan fingerprint density at radius 1 is 0.769 bits per heavy atom. The summed E-state index contributed by atoms with van der Waals surface area (Å²) in [7, 11) is -2.12. The topological polar surface area (TPSA) is 38.7 Å². The first-order valence-electron chi connectivity index (χ1n) is 14.2. The molecule has 0 amide bonds. The summed E-state index contributed by atoms with van der Waals surface area (Å²) in [6, 6.07) is 31.4. The second-order valence-corrected chi connectivity index (χ2v) is 17.0. The van der Waals surface area contributed by atoms with E-state index < -0.39 is 20.0 Å². The van der Waals surface area contributed by atoms with Crippen molar-refractivity contribution < 1.29 is 14.3 Å². The minimum Gasteiger partial charge on any atom is -0.413 e. The van der Waals surface area contributed by atoms with Crippen LogP contribution in [-0.4, -0.2) is 32.2 Å². The maximum absolute atomic E-state index is 11.0.